The maximum Gasteiger partial charge on any atom is 0.226 e. The third-order valence-corrected chi connectivity index (χ3v) is 2.76. The Balaban J connectivity index is 3.01. The standard InChI is InChI=1S/C11H12BrN3O/c1-2-4-10(11(16)14-15-13)8-5-3-6-9(12)7-8/h3,5-7,10H,2,4H2,1H3. The lowest BCUT2D eigenvalue weighted by Gasteiger charge is -2.12. The number of azide groups is 1. The van der Waals surface area contributed by atoms with Gasteiger partial charge in [-0.15, -0.1) is 0 Å². The van der Waals surface area contributed by atoms with Crippen molar-refractivity contribution >= 4 is 21.8 Å². The van der Waals surface area contributed by atoms with Crippen LogP contribution in [0.3, 0.4) is 0 Å². The second-order valence-corrected chi connectivity index (χ2v) is 4.34. The number of amides is 1. The number of benzene rings is 1. The van der Waals surface area contributed by atoms with Crippen LogP contribution in [-0.4, -0.2) is 5.91 Å². The molecule has 0 saturated heterocycles. The SMILES string of the molecule is CCCC(C(=O)N=[N+]=[N-])c1cccc(Br)c1. The zero-order valence-corrected chi connectivity index (χ0v) is 10.5. The van der Waals surface area contributed by atoms with Gasteiger partial charge in [-0.3, -0.25) is 4.79 Å². The number of carbonyl (C=O) groups excluding carboxylic acids is 1. The van der Waals surface area contributed by atoms with E-state index in [4.69, 9.17) is 5.53 Å². The normalized spacial score (nSPS) is 11.6. The first kappa shape index (κ1) is 12.7. The minimum absolute atomic E-state index is 0.335. The van der Waals surface area contributed by atoms with E-state index >= 15 is 0 Å². The first-order valence-corrected chi connectivity index (χ1v) is 5.82. The van der Waals surface area contributed by atoms with Gasteiger partial charge in [0, 0.05) is 15.3 Å². The van der Waals surface area contributed by atoms with Crippen molar-refractivity contribution in [1.82, 2.24) is 0 Å². The van der Waals surface area contributed by atoms with Crippen LogP contribution in [0.4, 0.5) is 0 Å². The van der Waals surface area contributed by atoms with Crippen LogP contribution in [0, 0.1) is 0 Å². The molecule has 1 atom stereocenters. The van der Waals surface area contributed by atoms with Gasteiger partial charge in [0.15, 0.2) is 0 Å². The van der Waals surface area contributed by atoms with Crippen LogP contribution in [0.1, 0.15) is 31.2 Å². The van der Waals surface area contributed by atoms with Crippen LogP contribution >= 0.6 is 15.9 Å². The molecule has 1 amide bonds. The van der Waals surface area contributed by atoms with Gasteiger partial charge < -0.3 is 0 Å². The smallest absolute Gasteiger partial charge is 0.226 e. The zero-order chi connectivity index (χ0) is 12.0. The van der Waals surface area contributed by atoms with Crippen molar-refractivity contribution in [2.75, 3.05) is 0 Å². The molecule has 0 heterocycles. The molecule has 0 N–H and O–H groups in total. The van der Waals surface area contributed by atoms with Crippen molar-refractivity contribution in [3.8, 4) is 0 Å². The lowest BCUT2D eigenvalue weighted by molar-refractivity contribution is -0.119. The van der Waals surface area contributed by atoms with Crippen LogP contribution in [0.2, 0.25) is 0 Å². The Morgan fingerprint density at radius 2 is 2.38 bits per heavy atom. The molecule has 1 aromatic carbocycles. The predicted molar refractivity (Wildman–Crippen MR) is 65.9 cm³/mol. The number of hydrogen-bond acceptors (Lipinski definition) is 1. The predicted octanol–water partition coefficient (Wildman–Crippen LogP) is 4.17. The van der Waals surface area contributed by atoms with Crippen molar-refractivity contribution in [2.24, 2.45) is 5.11 Å². The number of nitrogens with zero attached hydrogens (tertiary/aromatic N) is 3. The lowest BCUT2D eigenvalue weighted by atomic mass is 9.94. The van der Waals surface area contributed by atoms with Crippen LogP contribution in [-0.2, 0) is 4.79 Å². The first-order valence-electron chi connectivity index (χ1n) is 5.03. The van der Waals surface area contributed by atoms with Gasteiger partial charge in [0.05, 0.1) is 0 Å². The van der Waals surface area contributed by atoms with E-state index in [-0.39, 0.29) is 5.92 Å². The first-order chi connectivity index (χ1) is 7.69. The summed E-state index contributed by atoms with van der Waals surface area (Å²) in [7, 11) is 0. The highest BCUT2D eigenvalue weighted by Crippen LogP contribution is 2.25. The highest BCUT2D eigenvalue weighted by atomic mass is 79.9. The summed E-state index contributed by atoms with van der Waals surface area (Å²) in [4.78, 5) is 14.2. The van der Waals surface area contributed by atoms with Crippen LogP contribution in [0.25, 0.3) is 10.4 Å². The maximum absolute atomic E-state index is 11.6. The molecule has 16 heavy (non-hydrogen) atoms. The summed E-state index contributed by atoms with van der Waals surface area (Å²) >= 11 is 3.35. The summed E-state index contributed by atoms with van der Waals surface area (Å²) in [6, 6.07) is 7.51. The molecule has 4 nitrogen and oxygen atoms in total. The van der Waals surface area contributed by atoms with Gasteiger partial charge in [0.25, 0.3) is 0 Å². The van der Waals surface area contributed by atoms with E-state index in [0.29, 0.717) is 6.42 Å². The molecule has 0 aliphatic rings. The average molecular weight is 282 g/mol. The second kappa shape index (κ2) is 6.30. The molecule has 0 aliphatic carbocycles. The summed E-state index contributed by atoms with van der Waals surface area (Å²) in [5.74, 6) is -0.749. The van der Waals surface area contributed by atoms with Gasteiger partial charge in [0.2, 0.25) is 5.91 Å². The van der Waals surface area contributed by atoms with E-state index in [1.807, 2.05) is 31.2 Å². The Bertz CT molecular complexity index is 427. The molecule has 0 aromatic heterocycles. The molecule has 0 radical (unpaired) electrons. The molecule has 1 unspecified atom stereocenters. The molecule has 0 saturated carbocycles. The molecule has 1 rings (SSSR count). The number of carbonyl (C=O) groups is 1. The van der Waals surface area contributed by atoms with Crippen molar-refractivity contribution in [1.29, 1.82) is 0 Å². The summed E-state index contributed by atoms with van der Waals surface area (Å²) in [6.45, 7) is 1.99. The van der Waals surface area contributed by atoms with E-state index in [2.05, 4.69) is 26.0 Å². The quantitative estimate of drug-likeness (QED) is 0.464. The molecule has 84 valence electrons. The molecule has 0 fully saturated rings. The number of rotatable bonds is 4. The fraction of sp³-hybridized carbons (Fsp3) is 0.364. The molecule has 0 spiro atoms. The van der Waals surface area contributed by atoms with Gasteiger partial charge >= 0.3 is 0 Å². The van der Waals surface area contributed by atoms with E-state index in [1.165, 1.54) is 0 Å². The van der Waals surface area contributed by atoms with Gasteiger partial charge in [0.1, 0.15) is 0 Å². The van der Waals surface area contributed by atoms with Crippen molar-refractivity contribution in [3.05, 3.63) is 44.7 Å². The summed E-state index contributed by atoms with van der Waals surface area (Å²) in [5.41, 5.74) is 9.17. The largest absolute Gasteiger partial charge is 0.292 e. The van der Waals surface area contributed by atoms with Crippen molar-refractivity contribution in [2.45, 2.75) is 25.7 Å². The molecule has 1 aromatic rings. The lowest BCUT2D eigenvalue weighted by Crippen LogP contribution is -2.09. The molecular formula is C11H12BrN3O. The van der Waals surface area contributed by atoms with Gasteiger partial charge in [-0.2, -0.15) is 0 Å². The molecular weight excluding hydrogens is 270 g/mol. The van der Waals surface area contributed by atoms with Gasteiger partial charge in [-0.1, -0.05) is 41.4 Å². The molecule has 0 aliphatic heterocycles. The Morgan fingerprint density at radius 3 is 2.94 bits per heavy atom. The minimum atomic E-state index is -0.414. The fourth-order valence-corrected chi connectivity index (χ4v) is 1.98. The Morgan fingerprint density at radius 1 is 1.62 bits per heavy atom. The van der Waals surface area contributed by atoms with Gasteiger partial charge in [-0.25, -0.2) is 0 Å². The van der Waals surface area contributed by atoms with Crippen LogP contribution in [0.15, 0.2) is 33.9 Å². The Hall–Kier alpha value is -1.32. The summed E-state index contributed by atoms with van der Waals surface area (Å²) in [5, 5.41) is 3.18. The van der Waals surface area contributed by atoms with E-state index < -0.39 is 5.91 Å². The third-order valence-electron chi connectivity index (χ3n) is 2.27. The van der Waals surface area contributed by atoms with Crippen molar-refractivity contribution in [3.63, 3.8) is 0 Å². The molecule has 5 heteroatoms. The van der Waals surface area contributed by atoms with Crippen LogP contribution in [0.5, 0.6) is 0 Å². The van der Waals surface area contributed by atoms with Crippen molar-refractivity contribution < 1.29 is 4.79 Å². The van der Waals surface area contributed by atoms with Crippen LogP contribution < -0.4 is 0 Å². The second-order valence-electron chi connectivity index (χ2n) is 3.42. The van der Waals surface area contributed by atoms with E-state index in [1.54, 1.807) is 0 Å². The number of hydrogen-bond donors (Lipinski definition) is 0. The summed E-state index contributed by atoms with van der Waals surface area (Å²) < 4.78 is 0.917. The minimum Gasteiger partial charge on any atom is -0.292 e. The van der Waals surface area contributed by atoms with E-state index in [9.17, 15) is 4.79 Å². The fourth-order valence-electron chi connectivity index (χ4n) is 1.56. The number of halogens is 1. The maximum atomic E-state index is 11.6. The summed E-state index contributed by atoms with van der Waals surface area (Å²) in [6.07, 6.45) is 1.55. The Labute approximate surface area is 102 Å². The highest BCUT2D eigenvalue weighted by molar-refractivity contribution is 9.10. The third kappa shape index (κ3) is 3.36. The van der Waals surface area contributed by atoms with E-state index in [0.717, 1.165) is 16.5 Å². The average Bonchev–Trinajstić information content (AvgIpc) is 2.26. The zero-order valence-electron chi connectivity index (χ0n) is 8.93. The molecule has 0 bridgehead atoms. The van der Waals surface area contributed by atoms with Gasteiger partial charge in [-0.05, 0) is 34.8 Å². The Kier molecular flexibility index (Phi) is 5.02. The highest BCUT2D eigenvalue weighted by Gasteiger charge is 2.18. The monoisotopic (exact) mass is 281 g/mol. The topological polar surface area (TPSA) is 65.8 Å².